The molecule has 2 N–H and O–H groups in total. The third kappa shape index (κ3) is 5.79. The number of halogens is 1. The van der Waals surface area contributed by atoms with Crippen molar-refractivity contribution < 1.29 is 9.18 Å². The van der Waals surface area contributed by atoms with Gasteiger partial charge in [0.15, 0.2) is 0 Å². The van der Waals surface area contributed by atoms with Gasteiger partial charge in [0.1, 0.15) is 5.82 Å². The average molecular weight is 282 g/mol. The molecule has 0 heterocycles. The molecule has 0 aliphatic heterocycles. The fraction of sp³-hybridized carbons (Fsp3) is 0.429. The minimum atomic E-state index is -0.251. The summed E-state index contributed by atoms with van der Waals surface area (Å²) in [6, 6.07) is 6.32. The third-order valence-electron chi connectivity index (χ3n) is 2.87. The van der Waals surface area contributed by atoms with Crippen molar-refractivity contribution in [2.45, 2.75) is 26.2 Å². The number of amides is 1. The Hall–Kier alpha value is -1.49. The summed E-state index contributed by atoms with van der Waals surface area (Å²) < 4.78 is 12.8. The van der Waals surface area contributed by atoms with E-state index in [1.54, 1.807) is 17.0 Å². The standard InChI is InChI=1S/C14H19FN2OS/c1-2-14(18)17(10-8-13(16)19)9-7-11-3-5-12(15)6-4-11/h3-6H,2,7-10H2,1H3,(H2,16,19). The van der Waals surface area contributed by atoms with Crippen LogP contribution in [0.15, 0.2) is 24.3 Å². The minimum absolute atomic E-state index is 0.0818. The van der Waals surface area contributed by atoms with Gasteiger partial charge >= 0.3 is 0 Å². The molecule has 0 unspecified atom stereocenters. The summed E-state index contributed by atoms with van der Waals surface area (Å²) in [5.41, 5.74) is 6.46. The zero-order valence-electron chi connectivity index (χ0n) is 11.1. The Morgan fingerprint density at radius 1 is 1.32 bits per heavy atom. The van der Waals surface area contributed by atoms with Crippen LogP contribution in [0, 0.1) is 5.82 Å². The normalized spacial score (nSPS) is 10.2. The van der Waals surface area contributed by atoms with Gasteiger partial charge in [-0.05, 0) is 24.1 Å². The van der Waals surface area contributed by atoms with Gasteiger partial charge in [-0.15, -0.1) is 0 Å². The summed E-state index contributed by atoms with van der Waals surface area (Å²) >= 11 is 4.83. The molecule has 1 rings (SSSR count). The van der Waals surface area contributed by atoms with Crippen LogP contribution in [0.5, 0.6) is 0 Å². The lowest BCUT2D eigenvalue weighted by Gasteiger charge is -2.22. The fourth-order valence-corrected chi connectivity index (χ4v) is 1.84. The summed E-state index contributed by atoms with van der Waals surface area (Å²) in [5, 5.41) is 0. The summed E-state index contributed by atoms with van der Waals surface area (Å²) in [6.07, 6.45) is 1.69. The highest BCUT2D eigenvalue weighted by molar-refractivity contribution is 7.80. The molecule has 0 bridgehead atoms. The summed E-state index contributed by atoms with van der Waals surface area (Å²) in [6.45, 7) is 2.97. The number of hydrogen-bond donors (Lipinski definition) is 1. The molecule has 0 aromatic heterocycles. The number of nitrogens with two attached hydrogens (primary N) is 1. The fourth-order valence-electron chi connectivity index (χ4n) is 1.75. The second-order valence-electron chi connectivity index (χ2n) is 4.33. The second-order valence-corrected chi connectivity index (χ2v) is 4.85. The molecule has 1 amide bonds. The van der Waals surface area contributed by atoms with Crippen LogP contribution in [0.1, 0.15) is 25.3 Å². The van der Waals surface area contributed by atoms with E-state index in [0.29, 0.717) is 37.3 Å². The number of carbonyl (C=O) groups excluding carboxylic acids is 1. The maximum absolute atomic E-state index is 12.8. The van der Waals surface area contributed by atoms with Gasteiger partial charge in [-0.1, -0.05) is 31.3 Å². The van der Waals surface area contributed by atoms with Crippen molar-refractivity contribution in [3.05, 3.63) is 35.6 Å². The first kappa shape index (κ1) is 15.6. The molecule has 0 saturated carbocycles. The Kier molecular flexibility index (Phi) is 6.42. The molecule has 0 saturated heterocycles. The van der Waals surface area contributed by atoms with E-state index in [4.69, 9.17) is 18.0 Å². The molecular formula is C14H19FN2OS. The van der Waals surface area contributed by atoms with Crippen LogP contribution in [0.3, 0.4) is 0 Å². The molecule has 1 aromatic carbocycles. The molecule has 1 aromatic rings. The quantitative estimate of drug-likeness (QED) is 0.780. The van der Waals surface area contributed by atoms with Crippen molar-refractivity contribution >= 4 is 23.1 Å². The molecule has 0 fully saturated rings. The van der Waals surface area contributed by atoms with E-state index in [2.05, 4.69) is 0 Å². The number of rotatable bonds is 7. The Labute approximate surface area is 118 Å². The highest BCUT2D eigenvalue weighted by Crippen LogP contribution is 2.06. The van der Waals surface area contributed by atoms with Crippen LogP contribution in [-0.2, 0) is 11.2 Å². The van der Waals surface area contributed by atoms with Crippen LogP contribution in [0.4, 0.5) is 4.39 Å². The number of benzene rings is 1. The van der Waals surface area contributed by atoms with Gasteiger partial charge in [0.05, 0.1) is 4.99 Å². The van der Waals surface area contributed by atoms with E-state index in [1.165, 1.54) is 12.1 Å². The number of hydrogen-bond acceptors (Lipinski definition) is 2. The number of carbonyl (C=O) groups is 1. The zero-order valence-corrected chi connectivity index (χ0v) is 11.9. The summed E-state index contributed by atoms with van der Waals surface area (Å²) in [4.78, 5) is 13.9. The highest BCUT2D eigenvalue weighted by atomic mass is 32.1. The monoisotopic (exact) mass is 282 g/mol. The molecule has 0 radical (unpaired) electrons. The van der Waals surface area contributed by atoms with E-state index in [1.807, 2.05) is 6.92 Å². The van der Waals surface area contributed by atoms with Gasteiger partial charge in [-0.3, -0.25) is 4.79 Å². The molecule has 5 heteroatoms. The van der Waals surface area contributed by atoms with Gasteiger partial charge in [0.25, 0.3) is 0 Å². The van der Waals surface area contributed by atoms with Gasteiger partial charge in [-0.2, -0.15) is 0 Å². The largest absolute Gasteiger partial charge is 0.393 e. The summed E-state index contributed by atoms with van der Waals surface area (Å²) in [5.74, 6) is -0.169. The lowest BCUT2D eigenvalue weighted by Crippen LogP contribution is -2.34. The highest BCUT2D eigenvalue weighted by Gasteiger charge is 2.11. The van der Waals surface area contributed by atoms with Crippen LogP contribution in [0.2, 0.25) is 0 Å². The van der Waals surface area contributed by atoms with Crippen molar-refractivity contribution in [1.29, 1.82) is 0 Å². The topological polar surface area (TPSA) is 46.3 Å². The van der Waals surface area contributed by atoms with Gasteiger partial charge in [0, 0.05) is 25.9 Å². The van der Waals surface area contributed by atoms with Crippen molar-refractivity contribution in [3.63, 3.8) is 0 Å². The molecule has 0 atom stereocenters. The van der Waals surface area contributed by atoms with Crippen LogP contribution < -0.4 is 5.73 Å². The maximum Gasteiger partial charge on any atom is 0.222 e. The Morgan fingerprint density at radius 3 is 2.47 bits per heavy atom. The number of thiocarbonyl (C=S) groups is 1. The van der Waals surface area contributed by atoms with Gasteiger partial charge < -0.3 is 10.6 Å². The van der Waals surface area contributed by atoms with Crippen LogP contribution in [0.25, 0.3) is 0 Å². The van der Waals surface area contributed by atoms with E-state index < -0.39 is 0 Å². The Morgan fingerprint density at radius 2 is 1.95 bits per heavy atom. The van der Waals surface area contributed by atoms with E-state index >= 15 is 0 Å². The van der Waals surface area contributed by atoms with E-state index in [0.717, 1.165) is 5.56 Å². The summed E-state index contributed by atoms with van der Waals surface area (Å²) in [7, 11) is 0. The lowest BCUT2D eigenvalue weighted by atomic mass is 10.1. The van der Waals surface area contributed by atoms with Crippen molar-refractivity contribution in [2.24, 2.45) is 5.73 Å². The smallest absolute Gasteiger partial charge is 0.222 e. The van der Waals surface area contributed by atoms with Gasteiger partial charge in [0.2, 0.25) is 5.91 Å². The third-order valence-corrected chi connectivity index (χ3v) is 3.07. The lowest BCUT2D eigenvalue weighted by molar-refractivity contribution is -0.130. The van der Waals surface area contributed by atoms with E-state index in [-0.39, 0.29) is 11.7 Å². The minimum Gasteiger partial charge on any atom is -0.393 e. The molecule has 0 aliphatic carbocycles. The molecular weight excluding hydrogens is 263 g/mol. The maximum atomic E-state index is 12.8. The molecule has 19 heavy (non-hydrogen) atoms. The second kappa shape index (κ2) is 7.84. The van der Waals surface area contributed by atoms with Gasteiger partial charge in [-0.25, -0.2) is 4.39 Å². The first-order valence-electron chi connectivity index (χ1n) is 6.33. The van der Waals surface area contributed by atoms with Crippen molar-refractivity contribution in [2.75, 3.05) is 13.1 Å². The first-order chi connectivity index (χ1) is 9.02. The van der Waals surface area contributed by atoms with Crippen LogP contribution in [-0.4, -0.2) is 28.9 Å². The first-order valence-corrected chi connectivity index (χ1v) is 6.74. The molecule has 0 aliphatic rings. The Balaban J connectivity index is 2.54. The molecule has 0 spiro atoms. The molecule has 104 valence electrons. The predicted octanol–water partition coefficient (Wildman–Crippen LogP) is 2.28. The predicted molar refractivity (Wildman–Crippen MR) is 78.4 cm³/mol. The van der Waals surface area contributed by atoms with Crippen molar-refractivity contribution in [1.82, 2.24) is 4.90 Å². The zero-order chi connectivity index (χ0) is 14.3. The van der Waals surface area contributed by atoms with E-state index in [9.17, 15) is 9.18 Å². The Bertz CT molecular complexity index is 434. The average Bonchev–Trinajstić information content (AvgIpc) is 2.39. The molecule has 3 nitrogen and oxygen atoms in total. The SMILES string of the molecule is CCC(=O)N(CCC(N)=S)CCc1ccc(F)cc1. The number of nitrogens with zero attached hydrogens (tertiary/aromatic N) is 1. The van der Waals surface area contributed by atoms with Crippen molar-refractivity contribution in [3.8, 4) is 0 Å². The van der Waals surface area contributed by atoms with Crippen LogP contribution >= 0.6 is 12.2 Å².